The maximum atomic E-state index is 11.8. The fourth-order valence-electron chi connectivity index (χ4n) is 1.99. The molecule has 0 saturated heterocycles. The van der Waals surface area contributed by atoms with E-state index in [9.17, 15) is 9.59 Å². The third-order valence-corrected chi connectivity index (χ3v) is 2.80. The van der Waals surface area contributed by atoms with Crippen LogP contribution in [-0.4, -0.2) is 56.2 Å². The fraction of sp³-hybridized carbons (Fsp3) is 0.769. The summed E-state index contributed by atoms with van der Waals surface area (Å²) in [4.78, 5) is 29.3. The molecule has 0 aliphatic heterocycles. The number of likely N-dealkylation sites (N-methyl/N-ethyl adjacent to an activating group) is 1. The van der Waals surface area contributed by atoms with E-state index in [1.54, 1.807) is 25.2 Å². The lowest BCUT2D eigenvalue weighted by Gasteiger charge is -2.33. The molecule has 6 nitrogen and oxygen atoms in total. The molecular weight excluding hydrogens is 248 g/mol. The largest absolute Gasteiger partial charge is 0.460 e. The van der Waals surface area contributed by atoms with Gasteiger partial charge in [-0.1, -0.05) is 12.1 Å². The number of hydrogen-bond acceptors (Lipinski definition) is 6. The number of rotatable bonds is 8. The lowest BCUT2D eigenvalue weighted by atomic mass is 9.92. The molecule has 0 saturated carbocycles. The van der Waals surface area contributed by atoms with Gasteiger partial charge in [-0.2, -0.15) is 0 Å². The molecule has 0 N–H and O–H groups in total. The van der Waals surface area contributed by atoms with E-state index in [2.05, 4.69) is 9.99 Å². The van der Waals surface area contributed by atoms with Gasteiger partial charge in [-0.05, 0) is 27.4 Å². The van der Waals surface area contributed by atoms with Crippen molar-refractivity contribution in [2.75, 3.05) is 21.2 Å². The monoisotopic (exact) mass is 272 g/mol. The number of ether oxygens (including phenoxy) is 1. The first kappa shape index (κ1) is 17.6. The van der Waals surface area contributed by atoms with Gasteiger partial charge in [-0.15, -0.1) is 0 Å². The standard InChI is InChI=1S/C13H24N2O4/c1-9(7-8-14-18-6)13(19-11(3)17)12(10(2)16)15(4)5/h8-9,12-13H,7H2,1-6H3/t9-,12-,13?/m1/s1. The quantitative estimate of drug-likeness (QED) is 0.376. The van der Waals surface area contributed by atoms with Gasteiger partial charge in [0.1, 0.15) is 19.3 Å². The Balaban J connectivity index is 5.00. The van der Waals surface area contributed by atoms with E-state index >= 15 is 0 Å². The number of esters is 1. The number of oxime groups is 1. The van der Waals surface area contributed by atoms with Crippen LogP contribution in [0.1, 0.15) is 27.2 Å². The van der Waals surface area contributed by atoms with Gasteiger partial charge < -0.3 is 9.57 Å². The van der Waals surface area contributed by atoms with Crippen molar-refractivity contribution in [2.45, 2.75) is 39.3 Å². The fourth-order valence-corrected chi connectivity index (χ4v) is 1.99. The highest BCUT2D eigenvalue weighted by molar-refractivity contribution is 5.82. The number of hydrogen-bond donors (Lipinski definition) is 0. The number of nitrogens with zero attached hydrogens (tertiary/aromatic N) is 2. The highest BCUT2D eigenvalue weighted by Gasteiger charge is 2.34. The predicted octanol–water partition coefficient (Wildman–Crippen LogP) is 1.10. The molecule has 0 aromatic heterocycles. The normalized spacial score (nSPS) is 16.2. The van der Waals surface area contributed by atoms with Gasteiger partial charge >= 0.3 is 5.97 Å². The van der Waals surface area contributed by atoms with E-state index < -0.39 is 18.1 Å². The predicted molar refractivity (Wildman–Crippen MR) is 73.0 cm³/mol. The Labute approximate surface area is 114 Å². The van der Waals surface area contributed by atoms with Crippen LogP contribution in [0, 0.1) is 5.92 Å². The third-order valence-electron chi connectivity index (χ3n) is 2.80. The Kier molecular flexibility index (Phi) is 7.98. The smallest absolute Gasteiger partial charge is 0.302 e. The molecule has 110 valence electrons. The molecule has 0 aliphatic rings. The summed E-state index contributed by atoms with van der Waals surface area (Å²) in [6.45, 7) is 4.75. The number of ketones is 1. The zero-order valence-corrected chi connectivity index (χ0v) is 12.5. The molecule has 0 heterocycles. The van der Waals surface area contributed by atoms with Crippen LogP contribution in [0.15, 0.2) is 5.16 Å². The van der Waals surface area contributed by atoms with E-state index in [0.717, 1.165) is 0 Å². The molecular formula is C13H24N2O4. The van der Waals surface area contributed by atoms with Crippen molar-refractivity contribution in [3.05, 3.63) is 0 Å². The first-order chi connectivity index (χ1) is 8.81. The molecule has 0 aromatic rings. The van der Waals surface area contributed by atoms with Crippen LogP contribution in [0.2, 0.25) is 0 Å². The lowest BCUT2D eigenvalue weighted by Crippen LogP contribution is -2.49. The lowest BCUT2D eigenvalue weighted by molar-refractivity contribution is -0.154. The van der Waals surface area contributed by atoms with Crippen LogP contribution in [0.25, 0.3) is 0 Å². The average Bonchev–Trinajstić information content (AvgIpc) is 2.26. The number of carbonyl (C=O) groups is 2. The SMILES string of the molecule is CON=CC[C@@H](C)C(OC(C)=O)[C@@H](C(C)=O)N(C)C. The Hall–Kier alpha value is -1.43. The minimum absolute atomic E-state index is 0.0354. The maximum Gasteiger partial charge on any atom is 0.302 e. The minimum atomic E-state index is -0.506. The third kappa shape index (κ3) is 6.33. The van der Waals surface area contributed by atoms with Gasteiger partial charge in [-0.3, -0.25) is 14.5 Å². The van der Waals surface area contributed by atoms with E-state index in [1.165, 1.54) is 21.0 Å². The van der Waals surface area contributed by atoms with E-state index in [1.807, 2.05) is 6.92 Å². The Morgan fingerprint density at radius 3 is 2.26 bits per heavy atom. The van der Waals surface area contributed by atoms with Gasteiger partial charge in [0.05, 0.1) is 0 Å². The van der Waals surface area contributed by atoms with Crippen molar-refractivity contribution < 1.29 is 19.2 Å². The molecule has 0 rings (SSSR count). The van der Waals surface area contributed by atoms with Gasteiger partial charge in [0, 0.05) is 19.1 Å². The second-order valence-electron chi connectivity index (χ2n) is 4.78. The van der Waals surface area contributed by atoms with E-state index in [-0.39, 0.29) is 11.7 Å². The van der Waals surface area contributed by atoms with Gasteiger partial charge in [0.25, 0.3) is 0 Å². The summed E-state index contributed by atoms with van der Waals surface area (Å²) in [5, 5.41) is 3.66. The summed E-state index contributed by atoms with van der Waals surface area (Å²) in [6.07, 6.45) is 1.66. The molecule has 0 radical (unpaired) electrons. The summed E-state index contributed by atoms with van der Waals surface area (Å²) in [5.41, 5.74) is 0. The maximum absolute atomic E-state index is 11.8. The molecule has 1 unspecified atom stereocenters. The zero-order chi connectivity index (χ0) is 15.0. The molecule has 0 spiro atoms. The second kappa shape index (κ2) is 8.63. The molecule has 19 heavy (non-hydrogen) atoms. The van der Waals surface area contributed by atoms with E-state index in [0.29, 0.717) is 6.42 Å². The van der Waals surface area contributed by atoms with Crippen molar-refractivity contribution >= 4 is 18.0 Å². The summed E-state index contributed by atoms with van der Waals surface area (Å²) in [6, 6.07) is -0.463. The van der Waals surface area contributed by atoms with Crippen molar-refractivity contribution in [1.29, 1.82) is 0 Å². The Morgan fingerprint density at radius 1 is 1.32 bits per heavy atom. The average molecular weight is 272 g/mol. The summed E-state index contributed by atoms with van der Waals surface area (Å²) in [5.74, 6) is -0.473. The molecule has 3 atom stereocenters. The molecule has 0 fully saturated rings. The van der Waals surface area contributed by atoms with Crippen molar-refractivity contribution in [2.24, 2.45) is 11.1 Å². The highest BCUT2D eigenvalue weighted by atomic mass is 16.6. The van der Waals surface area contributed by atoms with Crippen LogP contribution >= 0.6 is 0 Å². The first-order valence-corrected chi connectivity index (χ1v) is 6.20. The van der Waals surface area contributed by atoms with Crippen molar-refractivity contribution in [3.8, 4) is 0 Å². The topological polar surface area (TPSA) is 68.2 Å². The molecule has 0 aromatic carbocycles. The number of carbonyl (C=O) groups excluding carboxylic acids is 2. The Morgan fingerprint density at radius 2 is 1.89 bits per heavy atom. The molecule has 0 bridgehead atoms. The highest BCUT2D eigenvalue weighted by Crippen LogP contribution is 2.19. The summed E-state index contributed by atoms with van der Waals surface area (Å²) < 4.78 is 5.32. The summed E-state index contributed by atoms with van der Waals surface area (Å²) in [7, 11) is 5.04. The van der Waals surface area contributed by atoms with Gasteiger partial charge in [0.2, 0.25) is 0 Å². The van der Waals surface area contributed by atoms with Crippen molar-refractivity contribution in [1.82, 2.24) is 4.90 Å². The summed E-state index contributed by atoms with van der Waals surface area (Å²) >= 11 is 0. The van der Waals surface area contributed by atoms with Crippen LogP contribution in [0.3, 0.4) is 0 Å². The zero-order valence-electron chi connectivity index (χ0n) is 12.5. The van der Waals surface area contributed by atoms with Crippen molar-refractivity contribution in [3.63, 3.8) is 0 Å². The van der Waals surface area contributed by atoms with Crippen LogP contribution < -0.4 is 0 Å². The van der Waals surface area contributed by atoms with Gasteiger partial charge in [-0.25, -0.2) is 0 Å². The first-order valence-electron chi connectivity index (χ1n) is 6.20. The van der Waals surface area contributed by atoms with Crippen LogP contribution in [0.5, 0.6) is 0 Å². The molecule has 0 aliphatic carbocycles. The van der Waals surface area contributed by atoms with E-state index in [4.69, 9.17) is 4.74 Å². The molecule has 6 heteroatoms. The van der Waals surface area contributed by atoms with Crippen LogP contribution in [-0.2, 0) is 19.2 Å². The van der Waals surface area contributed by atoms with Gasteiger partial charge in [0.15, 0.2) is 5.78 Å². The molecule has 0 amide bonds. The number of Topliss-reactive ketones (excluding diaryl/α,β-unsaturated/α-hetero) is 1. The minimum Gasteiger partial charge on any atom is -0.460 e. The second-order valence-corrected chi connectivity index (χ2v) is 4.78. The van der Waals surface area contributed by atoms with Crippen LogP contribution in [0.4, 0.5) is 0 Å². The Bertz CT molecular complexity index is 329.